The second kappa shape index (κ2) is 7.48. The topological polar surface area (TPSA) is 121 Å². The smallest absolute Gasteiger partial charge is 0.322 e. The van der Waals surface area contributed by atoms with Gasteiger partial charge in [-0.05, 0) is 38.3 Å². The van der Waals surface area contributed by atoms with Gasteiger partial charge in [0, 0.05) is 18.0 Å². The van der Waals surface area contributed by atoms with Gasteiger partial charge in [0.25, 0.3) is 10.0 Å². The van der Waals surface area contributed by atoms with Crippen molar-refractivity contribution < 1.29 is 26.7 Å². The average Bonchev–Trinajstić information content (AvgIpc) is 3.16. The minimum atomic E-state index is -3.84. The van der Waals surface area contributed by atoms with Crippen LogP contribution in [-0.2, 0) is 31.3 Å². The maximum absolute atomic E-state index is 12.6. The molecule has 2 rings (SSSR count). The highest BCUT2D eigenvalue weighted by Gasteiger charge is 2.40. The first kappa shape index (κ1) is 19.3. The van der Waals surface area contributed by atoms with Crippen LogP contribution in [0, 0.1) is 0 Å². The zero-order valence-corrected chi connectivity index (χ0v) is 15.6. The van der Waals surface area contributed by atoms with Crippen molar-refractivity contribution in [3.63, 3.8) is 0 Å². The molecule has 1 saturated heterocycles. The summed E-state index contributed by atoms with van der Waals surface area (Å²) in [5.41, 5.74) is 0. The van der Waals surface area contributed by atoms with E-state index in [0.717, 1.165) is 20.5 Å². The molecule has 0 bridgehead atoms. The van der Waals surface area contributed by atoms with E-state index in [-0.39, 0.29) is 23.1 Å². The standard InChI is InChI=1S/C13H20N2O6S3/c1-2-23(18,19)14-8-7-10-5-6-12(22-10)24(20,21)15-9-3-4-11(15)13(16)17/h5-6,11,14H,2-4,7-9H2,1H3,(H,16,17)/t11-/m1/s1. The molecule has 0 amide bonds. The number of sulfonamides is 2. The molecule has 8 nitrogen and oxygen atoms in total. The average molecular weight is 397 g/mol. The summed E-state index contributed by atoms with van der Waals surface area (Å²) in [4.78, 5) is 11.9. The van der Waals surface area contributed by atoms with Gasteiger partial charge in [-0.1, -0.05) is 0 Å². The van der Waals surface area contributed by atoms with E-state index in [2.05, 4.69) is 4.72 Å². The molecule has 2 heterocycles. The Balaban J connectivity index is 2.08. The number of hydrogen-bond acceptors (Lipinski definition) is 6. The molecule has 0 unspecified atom stereocenters. The van der Waals surface area contributed by atoms with Crippen LogP contribution in [-0.4, -0.2) is 57.1 Å². The second-order valence-electron chi connectivity index (χ2n) is 5.38. The number of nitrogens with zero attached hydrogens (tertiary/aromatic N) is 1. The van der Waals surface area contributed by atoms with Crippen LogP contribution in [0.5, 0.6) is 0 Å². The molecule has 0 radical (unpaired) electrons. The van der Waals surface area contributed by atoms with Crippen molar-refractivity contribution in [1.29, 1.82) is 0 Å². The molecule has 1 aliphatic rings. The highest BCUT2D eigenvalue weighted by atomic mass is 32.2. The fourth-order valence-corrected chi connectivity index (χ4v) is 6.21. The molecule has 11 heteroatoms. The molecule has 1 aromatic rings. The minimum Gasteiger partial charge on any atom is -0.480 e. The first-order valence-corrected chi connectivity index (χ1v) is 11.4. The molecule has 1 atom stereocenters. The Kier molecular flexibility index (Phi) is 6.02. The molecule has 0 saturated carbocycles. The number of hydrogen-bond donors (Lipinski definition) is 2. The van der Waals surface area contributed by atoms with Gasteiger partial charge in [-0.2, -0.15) is 4.31 Å². The third-order valence-electron chi connectivity index (χ3n) is 3.76. The van der Waals surface area contributed by atoms with Gasteiger partial charge >= 0.3 is 5.97 Å². The summed E-state index contributed by atoms with van der Waals surface area (Å²) >= 11 is 1.04. The van der Waals surface area contributed by atoms with Gasteiger partial charge < -0.3 is 5.11 Å². The van der Waals surface area contributed by atoms with Crippen molar-refractivity contribution in [2.24, 2.45) is 0 Å². The van der Waals surface area contributed by atoms with E-state index in [9.17, 15) is 21.6 Å². The van der Waals surface area contributed by atoms with Gasteiger partial charge in [0.05, 0.1) is 5.75 Å². The molecule has 136 valence electrons. The number of carbonyl (C=O) groups is 1. The van der Waals surface area contributed by atoms with Crippen molar-refractivity contribution in [2.75, 3.05) is 18.8 Å². The molecule has 1 aliphatic heterocycles. The lowest BCUT2D eigenvalue weighted by Crippen LogP contribution is -2.40. The Bertz CT molecular complexity index is 799. The van der Waals surface area contributed by atoms with Crippen molar-refractivity contribution in [1.82, 2.24) is 9.03 Å². The summed E-state index contributed by atoms with van der Waals surface area (Å²) < 4.78 is 51.5. The number of thiophene rings is 1. The number of carboxylic acid groups (broad SMARTS) is 1. The lowest BCUT2D eigenvalue weighted by Gasteiger charge is -2.19. The van der Waals surface area contributed by atoms with E-state index in [1.807, 2.05) is 0 Å². The Hall–Kier alpha value is -1.01. The number of aliphatic carboxylic acids is 1. The van der Waals surface area contributed by atoms with Crippen LogP contribution in [0.15, 0.2) is 16.3 Å². The normalized spacial score (nSPS) is 19.6. The Morgan fingerprint density at radius 3 is 2.71 bits per heavy atom. The third kappa shape index (κ3) is 4.33. The van der Waals surface area contributed by atoms with E-state index in [4.69, 9.17) is 5.11 Å². The predicted molar refractivity (Wildman–Crippen MR) is 90.0 cm³/mol. The predicted octanol–water partition coefficient (Wildman–Crippen LogP) is 0.468. The summed E-state index contributed by atoms with van der Waals surface area (Å²) in [6.07, 6.45) is 1.21. The summed E-state index contributed by atoms with van der Waals surface area (Å²) in [5, 5.41) is 9.15. The Labute approximate surface area is 145 Å². The van der Waals surface area contributed by atoms with E-state index < -0.39 is 32.1 Å². The maximum Gasteiger partial charge on any atom is 0.322 e. The molecular weight excluding hydrogens is 376 g/mol. The van der Waals surface area contributed by atoms with Crippen LogP contribution in [0.1, 0.15) is 24.6 Å². The monoisotopic (exact) mass is 396 g/mol. The summed E-state index contributed by atoms with van der Waals surface area (Å²) in [7, 11) is -7.12. The zero-order valence-electron chi connectivity index (χ0n) is 13.1. The van der Waals surface area contributed by atoms with Gasteiger partial charge in [0.1, 0.15) is 10.3 Å². The van der Waals surface area contributed by atoms with Gasteiger partial charge in [-0.3, -0.25) is 4.79 Å². The lowest BCUT2D eigenvalue weighted by atomic mass is 10.2. The third-order valence-corrected chi connectivity index (χ3v) is 8.69. The van der Waals surface area contributed by atoms with Crippen molar-refractivity contribution in [2.45, 2.75) is 36.4 Å². The molecule has 0 spiro atoms. The summed E-state index contributed by atoms with van der Waals surface area (Å²) in [6.45, 7) is 1.92. The summed E-state index contributed by atoms with van der Waals surface area (Å²) in [5.74, 6) is -1.15. The first-order chi connectivity index (χ1) is 11.2. The number of carboxylic acids is 1. The lowest BCUT2D eigenvalue weighted by molar-refractivity contribution is -0.140. The maximum atomic E-state index is 12.6. The SMILES string of the molecule is CCS(=O)(=O)NCCc1ccc(S(=O)(=O)N2CCC[C@@H]2C(=O)O)s1. The van der Waals surface area contributed by atoms with Crippen molar-refractivity contribution in [3.8, 4) is 0 Å². The number of rotatable bonds is 8. The van der Waals surface area contributed by atoms with Crippen LogP contribution >= 0.6 is 11.3 Å². The quantitative estimate of drug-likeness (QED) is 0.659. The molecule has 0 aromatic carbocycles. The van der Waals surface area contributed by atoms with Crippen LogP contribution in [0.3, 0.4) is 0 Å². The van der Waals surface area contributed by atoms with Crippen molar-refractivity contribution >= 4 is 37.4 Å². The fraction of sp³-hybridized carbons (Fsp3) is 0.615. The highest BCUT2D eigenvalue weighted by Crippen LogP contribution is 2.30. The van der Waals surface area contributed by atoms with E-state index in [1.165, 1.54) is 13.0 Å². The first-order valence-electron chi connectivity index (χ1n) is 7.48. The van der Waals surface area contributed by atoms with Crippen LogP contribution < -0.4 is 4.72 Å². The van der Waals surface area contributed by atoms with Crippen LogP contribution in [0.25, 0.3) is 0 Å². The molecule has 1 aromatic heterocycles. The molecular formula is C13H20N2O6S3. The van der Waals surface area contributed by atoms with Crippen LogP contribution in [0.2, 0.25) is 0 Å². The molecule has 2 N–H and O–H groups in total. The van der Waals surface area contributed by atoms with Crippen LogP contribution in [0.4, 0.5) is 0 Å². The van der Waals surface area contributed by atoms with E-state index in [0.29, 0.717) is 19.3 Å². The highest BCUT2D eigenvalue weighted by molar-refractivity contribution is 7.91. The number of nitrogens with one attached hydrogen (secondary N) is 1. The molecule has 0 aliphatic carbocycles. The van der Waals surface area contributed by atoms with Gasteiger partial charge in [-0.25, -0.2) is 21.6 Å². The van der Waals surface area contributed by atoms with E-state index >= 15 is 0 Å². The summed E-state index contributed by atoms with van der Waals surface area (Å²) in [6, 6.07) is 2.06. The van der Waals surface area contributed by atoms with Gasteiger partial charge in [-0.15, -0.1) is 11.3 Å². The minimum absolute atomic E-state index is 0.0113. The van der Waals surface area contributed by atoms with Gasteiger partial charge in [0.15, 0.2) is 0 Å². The van der Waals surface area contributed by atoms with Crippen molar-refractivity contribution in [3.05, 3.63) is 17.0 Å². The van der Waals surface area contributed by atoms with E-state index in [1.54, 1.807) is 6.07 Å². The van der Waals surface area contributed by atoms with Gasteiger partial charge in [0.2, 0.25) is 10.0 Å². The fourth-order valence-electron chi connectivity index (χ4n) is 2.45. The second-order valence-corrected chi connectivity index (χ2v) is 10.8. The Morgan fingerprint density at radius 1 is 1.38 bits per heavy atom. The largest absolute Gasteiger partial charge is 0.480 e. The zero-order chi connectivity index (χ0) is 18.0. The molecule has 1 fully saturated rings. The Morgan fingerprint density at radius 2 is 2.08 bits per heavy atom. The molecule has 24 heavy (non-hydrogen) atoms.